The molecule has 1 aliphatic rings. The molecule has 0 spiro atoms. The van der Waals surface area contributed by atoms with Gasteiger partial charge in [-0.2, -0.15) is 4.98 Å². The van der Waals surface area contributed by atoms with E-state index in [4.69, 9.17) is 26.1 Å². The fourth-order valence-corrected chi connectivity index (χ4v) is 4.98. The van der Waals surface area contributed by atoms with Crippen molar-refractivity contribution in [2.24, 2.45) is 0 Å². The van der Waals surface area contributed by atoms with E-state index in [0.717, 1.165) is 88.6 Å². The molecule has 0 amide bonds. The molecule has 0 atom stereocenters. The number of piperazine rings is 1. The molecule has 0 radical (unpaired) electrons. The molecular formula is C27H31ClN6O. The van der Waals surface area contributed by atoms with Gasteiger partial charge in [0.15, 0.2) is 0 Å². The minimum absolute atomic E-state index is 0.617. The summed E-state index contributed by atoms with van der Waals surface area (Å²) in [5.74, 6) is 2.39. The van der Waals surface area contributed by atoms with Crippen LogP contribution in [0.3, 0.4) is 0 Å². The zero-order valence-electron chi connectivity index (χ0n) is 20.5. The monoisotopic (exact) mass is 490 g/mol. The fraction of sp³-hybridized carbons (Fsp3) is 0.370. The molecule has 1 N–H and O–H groups in total. The van der Waals surface area contributed by atoms with E-state index in [1.807, 2.05) is 32.0 Å². The number of rotatable bonds is 7. The van der Waals surface area contributed by atoms with Crippen LogP contribution >= 0.6 is 11.6 Å². The van der Waals surface area contributed by atoms with Gasteiger partial charge in [-0.1, -0.05) is 41.9 Å². The summed E-state index contributed by atoms with van der Waals surface area (Å²) in [6.07, 6.45) is 1.18. The van der Waals surface area contributed by atoms with Crippen LogP contribution in [-0.2, 0) is 6.54 Å². The minimum Gasteiger partial charge on any atom is -0.365 e. The van der Waals surface area contributed by atoms with Gasteiger partial charge in [0.05, 0.1) is 11.2 Å². The maximum absolute atomic E-state index is 6.21. The molecule has 4 aromatic rings. The van der Waals surface area contributed by atoms with Crippen LogP contribution < -0.4 is 10.2 Å². The Morgan fingerprint density at radius 2 is 1.86 bits per heavy atom. The first-order chi connectivity index (χ1) is 17.0. The smallest absolute Gasteiger partial charge is 0.227 e. The Morgan fingerprint density at radius 1 is 1.03 bits per heavy atom. The zero-order chi connectivity index (χ0) is 24.4. The van der Waals surface area contributed by atoms with Gasteiger partial charge in [0, 0.05) is 48.7 Å². The van der Waals surface area contributed by atoms with E-state index in [9.17, 15) is 0 Å². The van der Waals surface area contributed by atoms with Crippen molar-refractivity contribution in [3.05, 3.63) is 64.5 Å². The van der Waals surface area contributed by atoms with Crippen molar-refractivity contribution >= 4 is 34.3 Å². The summed E-state index contributed by atoms with van der Waals surface area (Å²) in [6.45, 7) is 11.8. The number of aromatic nitrogens is 3. The van der Waals surface area contributed by atoms with Crippen LogP contribution in [0.1, 0.15) is 30.4 Å². The van der Waals surface area contributed by atoms with Crippen molar-refractivity contribution in [1.29, 1.82) is 0 Å². The summed E-state index contributed by atoms with van der Waals surface area (Å²) in [5.41, 5.74) is 4.95. The number of nitrogens with one attached hydrogen (secondary N) is 1. The summed E-state index contributed by atoms with van der Waals surface area (Å²) >= 11 is 6.21. The summed E-state index contributed by atoms with van der Waals surface area (Å²) in [4.78, 5) is 14.8. The maximum atomic E-state index is 6.21. The lowest BCUT2D eigenvalue weighted by Crippen LogP contribution is -2.47. The van der Waals surface area contributed by atoms with Gasteiger partial charge in [-0.05, 0) is 62.2 Å². The lowest BCUT2D eigenvalue weighted by Gasteiger charge is -2.34. The molecule has 8 heteroatoms. The van der Waals surface area contributed by atoms with Crippen LogP contribution in [0, 0.1) is 13.8 Å². The average molecular weight is 491 g/mol. The Bertz CT molecular complexity index is 1310. The Labute approximate surface area is 211 Å². The van der Waals surface area contributed by atoms with Gasteiger partial charge in [-0.15, -0.1) is 0 Å². The van der Waals surface area contributed by atoms with Gasteiger partial charge in [-0.3, -0.25) is 4.90 Å². The van der Waals surface area contributed by atoms with Crippen molar-refractivity contribution in [2.45, 2.75) is 33.7 Å². The summed E-state index contributed by atoms with van der Waals surface area (Å²) in [6, 6.07) is 14.2. The van der Waals surface area contributed by atoms with Gasteiger partial charge in [0.2, 0.25) is 5.95 Å². The van der Waals surface area contributed by atoms with Crippen molar-refractivity contribution in [3.63, 3.8) is 0 Å². The zero-order valence-corrected chi connectivity index (χ0v) is 21.3. The van der Waals surface area contributed by atoms with Crippen LogP contribution in [0.5, 0.6) is 0 Å². The lowest BCUT2D eigenvalue weighted by molar-refractivity contribution is 0.257. The van der Waals surface area contributed by atoms with Crippen LogP contribution in [-0.4, -0.2) is 52.7 Å². The highest BCUT2D eigenvalue weighted by atomic mass is 35.5. The predicted octanol–water partition coefficient (Wildman–Crippen LogP) is 5.70. The first-order valence-electron chi connectivity index (χ1n) is 12.2. The molecule has 2 aromatic heterocycles. The Kier molecular flexibility index (Phi) is 6.88. The molecule has 182 valence electrons. The van der Waals surface area contributed by atoms with Gasteiger partial charge in [0.1, 0.15) is 11.6 Å². The van der Waals surface area contributed by atoms with Crippen molar-refractivity contribution in [3.8, 4) is 11.1 Å². The van der Waals surface area contributed by atoms with Crippen LogP contribution in [0.4, 0.5) is 11.8 Å². The molecule has 0 bridgehead atoms. The highest BCUT2D eigenvalue weighted by Gasteiger charge is 2.21. The van der Waals surface area contributed by atoms with E-state index in [0.29, 0.717) is 6.54 Å². The second kappa shape index (κ2) is 10.2. The topological polar surface area (TPSA) is 70.3 Å². The quantitative estimate of drug-likeness (QED) is 0.356. The normalized spacial score (nSPS) is 14.6. The number of anilines is 2. The molecule has 0 aliphatic carbocycles. The van der Waals surface area contributed by atoms with Gasteiger partial charge < -0.3 is 14.7 Å². The Morgan fingerprint density at radius 3 is 2.57 bits per heavy atom. The van der Waals surface area contributed by atoms with Crippen LogP contribution in [0.25, 0.3) is 22.0 Å². The SMILES string of the molecule is CCCN1CCN(c2nc(NCc3cccc(Cl)c3)c3cc(-c4c(C)noc4C)ccc3n2)CC1. The molecule has 3 heterocycles. The molecule has 7 nitrogen and oxygen atoms in total. The van der Waals surface area contributed by atoms with E-state index in [2.05, 4.69) is 51.5 Å². The fourth-order valence-electron chi connectivity index (χ4n) is 4.76. The summed E-state index contributed by atoms with van der Waals surface area (Å²) in [5, 5.41) is 9.38. The lowest BCUT2D eigenvalue weighted by atomic mass is 10.0. The van der Waals surface area contributed by atoms with Crippen LogP contribution in [0.15, 0.2) is 47.0 Å². The number of fused-ring (bicyclic) bond motifs is 1. The molecule has 35 heavy (non-hydrogen) atoms. The average Bonchev–Trinajstić information content (AvgIpc) is 3.20. The van der Waals surface area contributed by atoms with Gasteiger partial charge >= 0.3 is 0 Å². The van der Waals surface area contributed by atoms with E-state index >= 15 is 0 Å². The van der Waals surface area contributed by atoms with E-state index in [-0.39, 0.29) is 0 Å². The number of hydrogen-bond donors (Lipinski definition) is 1. The molecule has 0 unspecified atom stereocenters. The Hall–Kier alpha value is -3.16. The van der Waals surface area contributed by atoms with Crippen molar-refractivity contribution in [1.82, 2.24) is 20.0 Å². The number of aryl methyl sites for hydroxylation is 2. The second-order valence-electron chi connectivity index (χ2n) is 9.12. The van der Waals surface area contributed by atoms with Gasteiger partial charge in [-0.25, -0.2) is 4.98 Å². The maximum Gasteiger partial charge on any atom is 0.227 e. The second-order valence-corrected chi connectivity index (χ2v) is 9.55. The standard InChI is InChI=1S/C27H31ClN6O/c1-4-10-33-11-13-34(14-12-33)27-30-24-9-8-21(25-18(2)32-35-19(25)3)16-23(24)26(31-27)29-17-20-6-5-7-22(28)15-20/h5-9,15-16H,4,10-14,17H2,1-3H3,(H,29,30,31). The predicted molar refractivity (Wildman–Crippen MR) is 142 cm³/mol. The largest absolute Gasteiger partial charge is 0.365 e. The molecule has 1 aliphatic heterocycles. The highest BCUT2D eigenvalue weighted by molar-refractivity contribution is 6.30. The number of hydrogen-bond acceptors (Lipinski definition) is 7. The first-order valence-corrected chi connectivity index (χ1v) is 12.6. The van der Waals surface area contributed by atoms with E-state index in [1.165, 1.54) is 6.42 Å². The minimum atomic E-state index is 0.617. The first kappa shape index (κ1) is 23.6. The Balaban J connectivity index is 1.51. The summed E-state index contributed by atoms with van der Waals surface area (Å²) in [7, 11) is 0. The number of nitrogens with zero attached hydrogens (tertiary/aromatic N) is 5. The number of benzene rings is 2. The van der Waals surface area contributed by atoms with Crippen LogP contribution in [0.2, 0.25) is 5.02 Å². The van der Waals surface area contributed by atoms with E-state index in [1.54, 1.807) is 0 Å². The van der Waals surface area contributed by atoms with E-state index < -0.39 is 0 Å². The summed E-state index contributed by atoms with van der Waals surface area (Å²) < 4.78 is 5.41. The molecule has 1 fully saturated rings. The number of halogens is 1. The third kappa shape index (κ3) is 5.11. The molecular weight excluding hydrogens is 460 g/mol. The molecule has 1 saturated heterocycles. The third-order valence-corrected chi connectivity index (χ3v) is 6.79. The molecule has 2 aromatic carbocycles. The molecule has 5 rings (SSSR count). The third-order valence-electron chi connectivity index (χ3n) is 6.55. The van der Waals surface area contributed by atoms with Gasteiger partial charge in [0.25, 0.3) is 0 Å². The van der Waals surface area contributed by atoms with Crippen molar-refractivity contribution < 1.29 is 4.52 Å². The molecule has 0 saturated carbocycles. The highest BCUT2D eigenvalue weighted by Crippen LogP contribution is 2.32. The van der Waals surface area contributed by atoms with Crippen molar-refractivity contribution in [2.75, 3.05) is 42.9 Å².